The van der Waals surface area contributed by atoms with Crippen LogP contribution in [0.4, 0.5) is 0 Å². The van der Waals surface area contributed by atoms with E-state index in [4.69, 9.17) is 4.42 Å². The number of aromatic amines is 1. The summed E-state index contributed by atoms with van der Waals surface area (Å²) in [4.78, 5) is 2.59. The standard InChI is InChI=1S/C18H28N4O/c1-14-6-10-22(11-7-14)9-3-8-19-12-16-13-20-21-18(16)17-5-4-15(2)23-17/h4-5,13-14,19H,3,6-12H2,1-2H3,(H,20,21). The number of nitrogens with zero attached hydrogens (tertiary/aromatic N) is 2. The largest absolute Gasteiger partial charge is 0.460 e. The van der Waals surface area contributed by atoms with E-state index in [1.807, 2.05) is 25.3 Å². The fraction of sp³-hybridized carbons (Fsp3) is 0.611. The number of furan rings is 1. The number of aromatic nitrogens is 2. The topological polar surface area (TPSA) is 57.1 Å². The highest BCUT2D eigenvalue weighted by atomic mass is 16.3. The SMILES string of the molecule is Cc1ccc(-c2[nH]ncc2CNCCCN2CCC(C)CC2)o1. The van der Waals surface area contributed by atoms with Crippen molar-refractivity contribution in [3.8, 4) is 11.5 Å². The van der Waals surface area contributed by atoms with Crippen LogP contribution in [0.3, 0.4) is 0 Å². The summed E-state index contributed by atoms with van der Waals surface area (Å²) in [6.45, 7) is 9.92. The van der Waals surface area contributed by atoms with Crippen molar-refractivity contribution in [2.24, 2.45) is 5.92 Å². The number of piperidine rings is 1. The van der Waals surface area contributed by atoms with Crippen LogP contribution in [-0.4, -0.2) is 41.3 Å². The third-order valence-corrected chi connectivity index (χ3v) is 4.72. The Labute approximate surface area is 138 Å². The molecule has 0 saturated carbocycles. The van der Waals surface area contributed by atoms with Gasteiger partial charge in [0, 0.05) is 12.1 Å². The van der Waals surface area contributed by atoms with Gasteiger partial charge in [0.2, 0.25) is 0 Å². The molecule has 5 nitrogen and oxygen atoms in total. The summed E-state index contributed by atoms with van der Waals surface area (Å²) in [5.41, 5.74) is 2.14. The van der Waals surface area contributed by atoms with E-state index < -0.39 is 0 Å². The molecule has 126 valence electrons. The maximum Gasteiger partial charge on any atom is 0.152 e. The molecule has 1 fully saturated rings. The van der Waals surface area contributed by atoms with Crippen molar-refractivity contribution in [1.29, 1.82) is 0 Å². The monoisotopic (exact) mass is 316 g/mol. The molecule has 2 aromatic heterocycles. The fourth-order valence-corrected chi connectivity index (χ4v) is 3.16. The molecule has 1 aliphatic heterocycles. The van der Waals surface area contributed by atoms with E-state index in [2.05, 4.69) is 27.3 Å². The Hall–Kier alpha value is -1.59. The quantitative estimate of drug-likeness (QED) is 0.770. The second-order valence-corrected chi connectivity index (χ2v) is 6.74. The molecular formula is C18H28N4O. The minimum absolute atomic E-state index is 0.822. The number of nitrogens with one attached hydrogen (secondary N) is 2. The van der Waals surface area contributed by atoms with E-state index in [1.54, 1.807) is 0 Å². The number of rotatable bonds is 7. The zero-order valence-corrected chi connectivity index (χ0v) is 14.3. The second kappa shape index (κ2) is 7.79. The molecule has 5 heteroatoms. The first-order valence-electron chi connectivity index (χ1n) is 8.74. The van der Waals surface area contributed by atoms with Gasteiger partial charge in [-0.15, -0.1) is 0 Å². The van der Waals surface area contributed by atoms with Gasteiger partial charge in [0.1, 0.15) is 11.5 Å². The number of aryl methyl sites for hydroxylation is 1. The molecule has 1 saturated heterocycles. The molecule has 0 aromatic carbocycles. The first-order valence-corrected chi connectivity index (χ1v) is 8.74. The Kier molecular flexibility index (Phi) is 5.51. The van der Waals surface area contributed by atoms with Crippen molar-refractivity contribution in [3.05, 3.63) is 29.7 Å². The van der Waals surface area contributed by atoms with Crippen LogP contribution in [0.15, 0.2) is 22.7 Å². The average Bonchev–Trinajstić information content (AvgIpc) is 3.17. The summed E-state index contributed by atoms with van der Waals surface area (Å²) in [6.07, 6.45) is 5.79. The van der Waals surface area contributed by atoms with Crippen molar-refractivity contribution in [2.75, 3.05) is 26.2 Å². The summed E-state index contributed by atoms with van der Waals surface area (Å²) in [5, 5.41) is 10.7. The van der Waals surface area contributed by atoms with Crippen molar-refractivity contribution in [1.82, 2.24) is 20.4 Å². The van der Waals surface area contributed by atoms with Gasteiger partial charge in [0.15, 0.2) is 5.76 Å². The summed E-state index contributed by atoms with van der Waals surface area (Å²) in [5.74, 6) is 2.69. The third-order valence-electron chi connectivity index (χ3n) is 4.72. The first kappa shape index (κ1) is 16.3. The number of hydrogen-bond donors (Lipinski definition) is 2. The number of likely N-dealkylation sites (tertiary alicyclic amines) is 1. The Morgan fingerprint density at radius 1 is 1.35 bits per heavy atom. The lowest BCUT2D eigenvalue weighted by Gasteiger charge is -2.30. The minimum Gasteiger partial charge on any atom is -0.460 e. The molecule has 0 unspecified atom stereocenters. The highest BCUT2D eigenvalue weighted by Crippen LogP contribution is 2.23. The van der Waals surface area contributed by atoms with E-state index in [9.17, 15) is 0 Å². The van der Waals surface area contributed by atoms with Gasteiger partial charge in [-0.2, -0.15) is 5.10 Å². The zero-order chi connectivity index (χ0) is 16.1. The van der Waals surface area contributed by atoms with Gasteiger partial charge in [-0.25, -0.2) is 0 Å². The average molecular weight is 316 g/mol. The van der Waals surface area contributed by atoms with Gasteiger partial charge in [0.05, 0.1) is 6.20 Å². The van der Waals surface area contributed by atoms with Crippen molar-refractivity contribution >= 4 is 0 Å². The lowest BCUT2D eigenvalue weighted by Crippen LogP contribution is -2.34. The van der Waals surface area contributed by atoms with Gasteiger partial charge >= 0.3 is 0 Å². The van der Waals surface area contributed by atoms with E-state index in [-0.39, 0.29) is 0 Å². The molecule has 0 radical (unpaired) electrons. The Balaban J connectivity index is 1.39. The zero-order valence-electron chi connectivity index (χ0n) is 14.3. The minimum atomic E-state index is 0.822. The summed E-state index contributed by atoms with van der Waals surface area (Å²) >= 11 is 0. The van der Waals surface area contributed by atoms with E-state index in [0.717, 1.165) is 41.8 Å². The second-order valence-electron chi connectivity index (χ2n) is 6.74. The molecule has 2 aromatic rings. The van der Waals surface area contributed by atoms with Crippen LogP contribution < -0.4 is 5.32 Å². The summed E-state index contributed by atoms with van der Waals surface area (Å²) in [7, 11) is 0. The van der Waals surface area contributed by atoms with Crippen LogP contribution in [0, 0.1) is 12.8 Å². The molecule has 0 atom stereocenters. The maximum absolute atomic E-state index is 5.68. The molecule has 1 aliphatic rings. The van der Waals surface area contributed by atoms with Gasteiger partial charge in [-0.3, -0.25) is 5.10 Å². The first-order chi connectivity index (χ1) is 11.2. The predicted molar refractivity (Wildman–Crippen MR) is 92.2 cm³/mol. The Morgan fingerprint density at radius 2 is 2.17 bits per heavy atom. The summed E-state index contributed by atoms with van der Waals surface area (Å²) in [6, 6.07) is 3.97. The lowest BCUT2D eigenvalue weighted by molar-refractivity contribution is 0.190. The molecule has 3 rings (SSSR count). The van der Waals surface area contributed by atoms with Crippen LogP contribution in [0.2, 0.25) is 0 Å². The third kappa shape index (κ3) is 4.45. The van der Waals surface area contributed by atoms with Gasteiger partial charge in [-0.05, 0) is 70.4 Å². The maximum atomic E-state index is 5.68. The highest BCUT2D eigenvalue weighted by molar-refractivity contribution is 5.56. The predicted octanol–water partition coefficient (Wildman–Crippen LogP) is 3.19. The molecular weight excluding hydrogens is 288 g/mol. The van der Waals surface area contributed by atoms with Crippen LogP contribution in [0.25, 0.3) is 11.5 Å². The van der Waals surface area contributed by atoms with Crippen LogP contribution in [0.1, 0.15) is 37.5 Å². The van der Waals surface area contributed by atoms with Crippen molar-refractivity contribution in [3.63, 3.8) is 0 Å². The highest BCUT2D eigenvalue weighted by Gasteiger charge is 2.15. The van der Waals surface area contributed by atoms with Crippen LogP contribution >= 0.6 is 0 Å². The molecule has 3 heterocycles. The van der Waals surface area contributed by atoms with Crippen LogP contribution in [-0.2, 0) is 6.54 Å². The molecule has 0 amide bonds. The Bertz CT molecular complexity index is 596. The normalized spacial score (nSPS) is 17.0. The van der Waals surface area contributed by atoms with Gasteiger partial charge in [0.25, 0.3) is 0 Å². The van der Waals surface area contributed by atoms with E-state index >= 15 is 0 Å². The van der Waals surface area contributed by atoms with Gasteiger partial charge in [-0.1, -0.05) is 6.92 Å². The molecule has 0 aliphatic carbocycles. The Morgan fingerprint density at radius 3 is 2.91 bits per heavy atom. The summed E-state index contributed by atoms with van der Waals surface area (Å²) < 4.78 is 5.68. The number of H-pyrrole nitrogens is 1. The van der Waals surface area contributed by atoms with Crippen molar-refractivity contribution < 1.29 is 4.42 Å². The molecule has 2 N–H and O–H groups in total. The van der Waals surface area contributed by atoms with Crippen molar-refractivity contribution in [2.45, 2.75) is 39.7 Å². The molecule has 0 spiro atoms. The lowest BCUT2D eigenvalue weighted by atomic mass is 9.99. The van der Waals surface area contributed by atoms with Gasteiger partial charge < -0.3 is 14.6 Å². The number of hydrogen-bond acceptors (Lipinski definition) is 4. The smallest absolute Gasteiger partial charge is 0.152 e. The fourth-order valence-electron chi connectivity index (χ4n) is 3.16. The van der Waals surface area contributed by atoms with E-state index in [1.165, 1.54) is 38.9 Å². The van der Waals surface area contributed by atoms with E-state index in [0.29, 0.717) is 0 Å². The molecule has 0 bridgehead atoms. The van der Waals surface area contributed by atoms with Crippen LogP contribution in [0.5, 0.6) is 0 Å². The molecule has 23 heavy (non-hydrogen) atoms.